The summed E-state index contributed by atoms with van der Waals surface area (Å²) in [5, 5.41) is 10.8. The zero-order valence-corrected chi connectivity index (χ0v) is 8.61. The Hall–Kier alpha value is -1.17. The van der Waals surface area contributed by atoms with Gasteiger partial charge in [0.2, 0.25) is 5.91 Å². The van der Waals surface area contributed by atoms with Crippen LogP contribution in [0.2, 0.25) is 0 Å². The molecule has 1 amide bonds. The van der Waals surface area contributed by atoms with Crippen LogP contribution in [-0.2, 0) is 4.79 Å². The number of carbonyl (C=O) groups is 1. The van der Waals surface area contributed by atoms with Gasteiger partial charge in [-0.3, -0.25) is 4.79 Å². The Morgan fingerprint density at radius 1 is 1.86 bits per heavy atom. The van der Waals surface area contributed by atoms with E-state index in [-0.39, 0.29) is 4.48 Å². The highest BCUT2D eigenvalue weighted by atomic mass is 79.9. The number of hydrogen-bond donors (Lipinski definition) is 2. The summed E-state index contributed by atoms with van der Waals surface area (Å²) in [6.07, 6.45) is 4.45. The summed E-state index contributed by atoms with van der Waals surface area (Å²) in [7, 11) is 0. The third kappa shape index (κ3) is 2.01. The molecule has 0 radical (unpaired) electrons. The van der Waals surface area contributed by atoms with E-state index in [1.165, 1.54) is 12.2 Å². The topological polar surface area (TPSA) is 75.7 Å². The van der Waals surface area contributed by atoms with E-state index in [2.05, 4.69) is 21.1 Å². The van der Waals surface area contributed by atoms with Gasteiger partial charge in [0.05, 0.1) is 12.1 Å². The molecule has 1 rings (SSSR count). The van der Waals surface area contributed by atoms with Gasteiger partial charge in [0.25, 0.3) is 0 Å². The van der Waals surface area contributed by atoms with Gasteiger partial charge < -0.3 is 10.9 Å². The highest BCUT2D eigenvalue weighted by molar-refractivity contribution is 9.11. The maximum atomic E-state index is 13.7. The van der Waals surface area contributed by atoms with Gasteiger partial charge in [0.15, 0.2) is 5.67 Å². The Bertz CT molecular complexity index is 340. The minimum Gasteiger partial charge on any atom is -0.411 e. The lowest BCUT2D eigenvalue weighted by molar-refractivity contribution is -0.119. The van der Waals surface area contributed by atoms with Gasteiger partial charge in [-0.05, 0) is 6.08 Å². The number of allylic oxidation sites excluding steroid dienone is 2. The lowest BCUT2D eigenvalue weighted by Gasteiger charge is -2.21. The molecule has 1 aliphatic carbocycles. The summed E-state index contributed by atoms with van der Waals surface area (Å²) < 4.78 is 13.8. The molecular formula is C8H8BrFN2O2. The minimum atomic E-state index is -2.00. The molecule has 14 heavy (non-hydrogen) atoms. The first-order valence-electron chi connectivity index (χ1n) is 3.73. The molecule has 2 atom stereocenters. The molecule has 0 aromatic carbocycles. The maximum Gasteiger partial charge on any atom is 0.228 e. The molecule has 0 aliphatic heterocycles. The van der Waals surface area contributed by atoms with Crippen molar-refractivity contribution in [3.05, 3.63) is 22.7 Å². The summed E-state index contributed by atoms with van der Waals surface area (Å²) >= 11 is 2.95. The van der Waals surface area contributed by atoms with Crippen molar-refractivity contribution in [1.82, 2.24) is 0 Å². The van der Waals surface area contributed by atoms with Crippen LogP contribution in [-0.4, -0.2) is 23.0 Å². The molecule has 0 heterocycles. The number of primary amides is 1. The summed E-state index contributed by atoms with van der Waals surface area (Å²) in [5.41, 5.74) is 3.03. The number of oxime groups is 1. The zero-order valence-electron chi connectivity index (χ0n) is 7.02. The maximum absolute atomic E-state index is 13.7. The molecule has 1 aliphatic rings. The zero-order chi connectivity index (χ0) is 10.8. The van der Waals surface area contributed by atoms with E-state index in [9.17, 15) is 9.18 Å². The van der Waals surface area contributed by atoms with Crippen LogP contribution in [0.5, 0.6) is 0 Å². The van der Waals surface area contributed by atoms with Crippen LogP contribution in [0.1, 0.15) is 0 Å². The highest BCUT2D eigenvalue weighted by Gasteiger charge is 2.33. The molecule has 0 saturated carbocycles. The van der Waals surface area contributed by atoms with Crippen molar-refractivity contribution in [3.8, 4) is 0 Å². The third-order valence-electron chi connectivity index (χ3n) is 1.81. The number of nitrogens with two attached hydrogens (primary N) is 1. The first kappa shape index (κ1) is 10.9. The number of hydrogen-bond acceptors (Lipinski definition) is 3. The van der Waals surface area contributed by atoms with E-state index in [0.717, 1.165) is 6.08 Å². The standard InChI is InChI=1S/C8H8BrFN2O2/c9-6-3-5(7(11)13)1-2-8(6,10)4-12-14/h1-5,14H,(H2,11,13)/b12-4-. The average molecular weight is 263 g/mol. The number of amides is 1. The van der Waals surface area contributed by atoms with Gasteiger partial charge in [0.1, 0.15) is 0 Å². The van der Waals surface area contributed by atoms with Crippen molar-refractivity contribution in [2.24, 2.45) is 16.8 Å². The van der Waals surface area contributed by atoms with E-state index < -0.39 is 17.5 Å². The number of carbonyl (C=O) groups excluding carboxylic acids is 1. The van der Waals surface area contributed by atoms with Gasteiger partial charge in [-0.25, -0.2) is 4.39 Å². The average Bonchev–Trinajstić information content (AvgIpc) is 2.10. The Labute approximate surface area is 88.1 Å². The van der Waals surface area contributed by atoms with Crippen LogP contribution >= 0.6 is 15.9 Å². The first-order chi connectivity index (χ1) is 6.49. The van der Waals surface area contributed by atoms with Crippen molar-refractivity contribution in [1.29, 1.82) is 0 Å². The van der Waals surface area contributed by atoms with Crippen LogP contribution in [0.3, 0.4) is 0 Å². The van der Waals surface area contributed by atoms with Crippen LogP contribution in [0.25, 0.3) is 0 Å². The largest absolute Gasteiger partial charge is 0.411 e. The molecular weight excluding hydrogens is 255 g/mol. The van der Waals surface area contributed by atoms with E-state index in [4.69, 9.17) is 10.9 Å². The molecule has 0 aromatic rings. The van der Waals surface area contributed by atoms with Crippen molar-refractivity contribution in [3.63, 3.8) is 0 Å². The number of halogens is 2. The molecule has 0 fully saturated rings. The Morgan fingerprint density at radius 3 is 2.93 bits per heavy atom. The third-order valence-corrected chi connectivity index (χ3v) is 2.68. The lowest BCUT2D eigenvalue weighted by atomic mass is 9.94. The molecule has 0 aromatic heterocycles. The van der Waals surface area contributed by atoms with E-state index >= 15 is 0 Å². The fourth-order valence-electron chi connectivity index (χ4n) is 1.03. The second kappa shape index (κ2) is 3.91. The summed E-state index contributed by atoms with van der Waals surface area (Å²) in [5.74, 6) is -1.21. The number of alkyl halides is 1. The van der Waals surface area contributed by atoms with Gasteiger partial charge in [0, 0.05) is 4.48 Å². The normalized spacial score (nSPS) is 31.9. The van der Waals surface area contributed by atoms with E-state index in [1.54, 1.807) is 0 Å². The molecule has 3 N–H and O–H groups in total. The fourth-order valence-corrected chi connectivity index (χ4v) is 1.55. The molecule has 0 saturated heterocycles. The van der Waals surface area contributed by atoms with Gasteiger partial charge in [-0.2, -0.15) is 0 Å². The minimum absolute atomic E-state index is 0.0918. The number of nitrogens with zero attached hydrogens (tertiary/aromatic N) is 1. The van der Waals surface area contributed by atoms with E-state index in [0.29, 0.717) is 6.21 Å². The predicted molar refractivity (Wildman–Crippen MR) is 53.0 cm³/mol. The molecule has 6 heteroatoms. The smallest absolute Gasteiger partial charge is 0.228 e. The second-order valence-electron chi connectivity index (χ2n) is 2.81. The Balaban J connectivity index is 2.97. The van der Waals surface area contributed by atoms with Crippen molar-refractivity contribution in [2.45, 2.75) is 5.67 Å². The Morgan fingerprint density at radius 2 is 2.50 bits per heavy atom. The lowest BCUT2D eigenvalue weighted by Crippen LogP contribution is -2.29. The summed E-state index contributed by atoms with van der Waals surface area (Å²) in [6, 6.07) is 0. The molecule has 0 spiro atoms. The van der Waals surface area contributed by atoms with Gasteiger partial charge in [-0.1, -0.05) is 33.2 Å². The predicted octanol–water partition coefficient (Wildman–Crippen LogP) is 1.10. The first-order valence-corrected chi connectivity index (χ1v) is 4.53. The van der Waals surface area contributed by atoms with Crippen LogP contribution in [0.4, 0.5) is 4.39 Å². The van der Waals surface area contributed by atoms with Crippen molar-refractivity contribution >= 4 is 28.1 Å². The summed E-state index contributed by atoms with van der Waals surface area (Å²) in [4.78, 5) is 10.8. The number of rotatable bonds is 2. The van der Waals surface area contributed by atoms with Gasteiger partial charge >= 0.3 is 0 Å². The van der Waals surface area contributed by atoms with Gasteiger partial charge in [-0.15, -0.1) is 0 Å². The van der Waals surface area contributed by atoms with Crippen molar-refractivity contribution < 1.29 is 14.4 Å². The van der Waals surface area contributed by atoms with Crippen LogP contribution < -0.4 is 5.73 Å². The van der Waals surface area contributed by atoms with Crippen LogP contribution in [0.15, 0.2) is 27.9 Å². The van der Waals surface area contributed by atoms with E-state index in [1.807, 2.05) is 0 Å². The molecule has 2 unspecified atom stereocenters. The monoisotopic (exact) mass is 262 g/mol. The highest BCUT2D eigenvalue weighted by Crippen LogP contribution is 2.32. The second-order valence-corrected chi connectivity index (χ2v) is 3.67. The molecule has 0 bridgehead atoms. The molecule has 4 nitrogen and oxygen atoms in total. The molecule has 76 valence electrons. The summed E-state index contributed by atoms with van der Waals surface area (Å²) in [6.45, 7) is 0. The SMILES string of the molecule is NC(=O)C1C=CC(F)(/C=N\O)C(Br)=C1. The van der Waals surface area contributed by atoms with Crippen molar-refractivity contribution in [2.75, 3.05) is 0 Å². The fraction of sp³-hybridized carbons (Fsp3) is 0.250. The Kier molecular flexibility index (Phi) is 3.05. The van der Waals surface area contributed by atoms with Crippen LogP contribution in [0, 0.1) is 5.92 Å². The quantitative estimate of drug-likeness (QED) is 0.339.